The molecule has 118 valence electrons. The van der Waals surface area contributed by atoms with Crippen molar-refractivity contribution in [3.8, 4) is 0 Å². The molecule has 4 heteroatoms. The minimum atomic E-state index is -2.63. The van der Waals surface area contributed by atoms with E-state index in [0.717, 1.165) is 0 Å². The Morgan fingerprint density at radius 1 is 0.900 bits per heavy atom. The first-order valence-electron chi connectivity index (χ1n) is 8.38. The average Bonchev–Trinajstić information content (AvgIpc) is 3.17. The van der Waals surface area contributed by atoms with Crippen LogP contribution in [0, 0.1) is 11.8 Å². The van der Waals surface area contributed by atoms with E-state index in [0.29, 0.717) is 18.4 Å². The maximum atomic E-state index is 6.21. The third kappa shape index (κ3) is 2.60. The second-order valence-electron chi connectivity index (χ2n) is 6.64. The van der Waals surface area contributed by atoms with Crippen molar-refractivity contribution in [3.05, 3.63) is 0 Å². The van der Waals surface area contributed by atoms with Crippen molar-refractivity contribution in [2.24, 2.45) is 11.8 Å². The quantitative estimate of drug-likeness (QED) is 0.652. The molecule has 2 aliphatic carbocycles. The molecule has 2 saturated carbocycles. The molecule has 0 aromatic rings. The van der Waals surface area contributed by atoms with Crippen LogP contribution in [0.2, 0.25) is 5.04 Å². The molecule has 0 atom stereocenters. The molecule has 2 aliphatic rings. The second-order valence-corrected chi connectivity index (χ2v) is 9.94. The molecule has 0 radical (unpaired) electrons. The van der Waals surface area contributed by atoms with Gasteiger partial charge in [-0.25, -0.2) is 0 Å². The predicted octanol–water partition coefficient (Wildman–Crippen LogP) is 4.40. The topological polar surface area (TPSA) is 27.7 Å². The predicted molar refractivity (Wildman–Crippen MR) is 83.7 cm³/mol. The largest absolute Gasteiger partial charge is 0.507 e. The normalized spacial score (nSPS) is 22.8. The molecule has 0 N–H and O–H groups in total. The second kappa shape index (κ2) is 6.90. The summed E-state index contributed by atoms with van der Waals surface area (Å²) in [5.41, 5.74) is 0. The molecule has 0 unspecified atom stereocenters. The molecule has 2 fully saturated rings. The van der Waals surface area contributed by atoms with E-state index in [1.54, 1.807) is 14.2 Å². The van der Waals surface area contributed by atoms with Crippen molar-refractivity contribution in [2.75, 3.05) is 20.8 Å². The fourth-order valence-corrected chi connectivity index (χ4v) is 8.42. The van der Waals surface area contributed by atoms with Crippen LogP contribution >= 0.6 is 0 Å². The third-order valence-corrected chi connectivity index (χ3v) is 9.82. The van der Waals surface area contributed by atoms with Gasteiger partial charge in [0, 0.05) is 25.9 Å². The minimum absolute atomic E-state index is 0.0967. The smallest absolute Gasteiger partial charge is 0.376 e. The summed E-state index contributed by atoms with van der Waals surface area (Å²) < 4.78 is 18.2. The number of hydrogen-bond donors (Lipinski definition) is 0. The van der Waals surface area contributed by atoms with E-state index < -0.39 is 8.80 Å². The van der Waals surface area contributed by atoms with Crippen LogP contribution in [0.5, 0.6) is 0 Å². The fourth-order valence-electron chi connectivity index (χ4n) is 4.87. The molecule has 0 spiro atoms. The zero-order chi connectivity index (χ0) is 14.6. The van der Waals surface area contributed by atoms with Crippen molar-refractivity contribution >= 4 is 8.80 Å². The summed E-state index contributed by atoms with van der Waals surface area (Å²) in [5, 5.41) is 0.0967. The first-order valence-corrected chi connectivity index (χ1v) is 10.1. The van der Waals surface area contributed by atoms with E-state index in [1.165, 1.54) is 51.4 Å². The van der Waals surface area contributed by atoms with E-state index in [4.69, 9.17) is 13.3 Å². The highest BCUT2D eigenvalue weighted by atomic mass is 28.4. The standard InChI is InChI=1S/C16H32O3Si/c1-5-19-20(17-3,18-4)16(2,14-10-6-7-11-14)15-12-8-9-13-15/h14-15H,5-13H2,1-4H3. The molecule has 0 amide bonds. The molecule has 0 aliphatic heterocycles. The third-order valence-electron chi connectivity index (χ3n) is 5.94. The Balaban J connectivity index is 2.36. The molecule has 0 heterocycles. The van der Waals surface area contributed by atoms with Crippen molar-refractivity contribution in [1.29, 1.82) is 0 Å². The van der Waals surface area contributed by atoms with Gasteiger partial charge in [0.05, 0.1) is 0 Å². The van der Waals surface area contributed by atoms with Gasteiger partial charge in [-0.3, -0.25) is 0 Å². The van der Waals surface area contributed by atoms with E-state index in [9.17, 15) is 0 Å². The van der Waals surface area contributed by atoms with Crippen LogP contribution in [0.25, 0.3) is 0 Å². The van der Waals surface area contributed by atoms with Gasteiger partial charge in [0.25, 0.3) is 0 Å². The monoisotopic (exact) mass is 300 g/mol. The van der Waals surface area contributed by atoms with Crippen LogP contribution in [0.3, 0.4) is 0 Å². The highest BCUT2D eigenvalue weighted by Gasteiger charge is 2.64. The van der Waals surface area contributed by atoms with E-state index in [-0.39, 0.29) is 5.04 Å². The lowest BCUT2D eigenvalue weighted by atomic mass is 9.79. The zero-order valence-electron chi connectivity index (χ0n) is 13.7. The van der Waals surface area contributed by atoms with Crippen LogP contribution in [0.1, 0.15) is 65.2 Å². The Hall–Kier alpha value is 0.0969. The molecule has 0 aromatic heterocycles. The lowest BCUT2D eigenvalue weighted by molar-refractivity contribution is 0.0412. The van der Waals surface area contributed by atoms with Gasteiger partial charge < -0.3 is 13.3 Å². The lowest BCUT2D eigenvalue weighted by Crippen LogP contribution is -2.59. The minimum Gasteiger partial charge on any atom is -0.376 e. The summed E-state index contributed by atoms with van der Waals surface area (Å²) in [6.07, 6.45) is 10.7. The SMILES string of the molecule is CCO[Si](OC)(OC)C(C)(C1CCCC1)C1CCCC1. The summed E-state index contributed by atoms with van der Waals surface area (Å²) in [6.45, 7) is 5.17. The molecule has 0 bridgehead atoms. The Morgan fingerprint density at radius 3 is 1.60 bits per heavy atom. The molecule has 3 nitrogen and oxygen atoms in total. The van der Waals surface area contributed by atoms with Gasteiger partial charge in [0.15, 0.2) is 0 Å². The zero-order valence-corrected chi connectivity index (χ0v) is 14.7. The highest BCUT2D eigenvalue weighted by Crippen LogP contribution is 2.61. The average molecular weight is 301 g/mol. The highest BCUT2D eigenvalue weighted by molar-refractivity contribution is 6.64. The van der Waals surface area contributed by atoms with E-state index in [1.807, 2.05) is 0 Å². The van der Waals surface area contributed by atoms with Crippen LogP contribution in [-0.4, -0.2) is 29.6 Å². The lowest BCUT2D eigenvalue weighted by Gasteiger charge is -2.49. The van der Waals surface area contributed by atoms with E-state index >= 15 is 0 Å². The van der Waals surface area contributed by atoms with Crippen molar-refractivity contribution in [1.82, 2.24) is 0 Å². The Labute approximate surface area is 125 Å². The van der Waals surface area contributed by atoms with Gasteiger partial charge in [-0.2, -0.15) is 0 Å². The van der Waals surface area contributed by atoms with E-state index in [2.05, 4.69) is 13.8 Å². The summed E-state index contributed by atoms with van der Waals surface area (Å²) in [5.74, 6) is 1.42. The van der Waals surface area contributed by atoms with Crippen LogP contribution in [-0.2, 0) is 13.3 Å². The number of hydrogen-bond acceptors (Lipinski definition) is 3. The van der Waals surface area contributed by atoms with Gasteiger partial charge in [-0.05, 0) is 44.4 Å². The Kier molecular flexibility index (Phi) is 5.68. The maximum Gasteiger partial charge on any atom is 0.507 e. The molecule has 2 rings (SSSR count). The van der Waals surface area contributed by atoms with Crippen molar-refractivity contribution in [3.63, 3.8) is 0 Å². The van der Waals surface area contributed by atoms with Gasteiger partial charge in [0.1, 0.15) is 0 Å². The summed E-state index contributed by atoms with van der Waals surface area (Å²) >= 11 is 0. The van der Waals surface area contributed by atoms with Crippen molar-refractivity contribution in [2.45, 2.75) is 70.3 Å². The molecule has 0 saturated heterocycles. The maximum absolute atomic E-state index is 6.21. The molecular formula is C16H32O3Si. The Bertz CT molecular complexity index is 276. The number of rotatable bonds is 7. The van der Waals surface area contributed by atoms with Crippen LogP contribution < -0.4 is 0 Å². The first kappa shape index (κ1) is 16.5. The first-order chi connectivity index (χ1) is 9.64. The van der Waals surface area contributed by atoms with Crippen LogP contribution in [0.15, 0.2) is 0 Å². The summed E-state index contributed by atoms with van der Waals surface area (Å²) in [6, 6.07) is 0. The van der Waals surface area contributed by atoms with Gasteiger partial charge >= 0.3 is 8.80 Å². The van der Waals surface area contributed by atoms with Crippen molar-refractivity contribution < 1.29 is 13.3 Å². The summed E-state index contributed by atoms with van der Waals surface area (Å²) in [4.78, 5) is 0. The molecule has 20 heavy (non-hydrogen) atoms. The molecular weight excluding hydrogens is 268 g/mol. The fraction of sp³-hybridized carbons (Fsp3) is 1.00. The summed E-state index contributed by atoms with van der Waals surface area (Å²) in [7, 11) is 0.971. The van der Waals surface area contributed by atoms with Gasteiger partial charge in [0.2, 0.25) is 0 Å². The molecule has 0 aromatic carbocycles. The van der Waals surface area contributed by atoms with Gasteiger partial charge in [-0.1, -0.05) is 32.6 Å². The van der Waals surface area contributed by atoms with Gasteiger partial charge in [-0.15, -0.1) is 0 Å². The Morgan fingerprint density at radius 2 is 1.30 bits per heavy atom. The van der Waals surface area contributed by atoms with Crippen LogP contribution in [0.4, 0.5) is 0 Å².